The van der Waals surface area contributed by atoms with E-state index in [0.717, 1.165) is 12.3 Å². The van der Waals surface area contributed by atoms with Gasteiger partial charge in [-0.05, 0) is 6.07 Å². The highest BCUT2D eigenvalue weighted by Gasteiger charge is 2.33. The molecular weight excluding hydrogens is 297 g/mol. The van der Waals surface area contributed by atoms with Crippen LogP contribution in [0.1, 0.15) is 5.69 Å². The highest BCUT2D eigenvalue weighted by molar-refractivity contribution is 5.64. The molecular formula is C12H10F5N3O. The first kappa shape index (κ1) is 15.2. The van der Waals surface area contributed by atoms with Crippen molar-refractivity contribution in [3.63, 3.8) is 0 Å². The lowest BCUT2D eigenvalue weighted by molar-refractivity contribution is -0.141. The Hall–Kier alpha value is -2.19. The highest BCUT2D eigenvalue weighted by Crippen LogP contribution is 2.34. The lowest BCUT2D eigenvalue weighted by Gasteiger charge is -2.13. The van der Waals surface area contributed by atoms with Gasteiger partial charge in [0.25, 0.3) is 6.43 Å². The van der Waals surface area contributed by atoms with Gasteiger partial charge in [-0.25, -0.2) is 18.7 Å². The second kappa shape index (κ2) is 5.66. The molecule has 2 heterocycles. The molecule has 21 heavy (non-hydrogen) atoms. The number of alkyl halides is 5. The fourth-order valence-corrected chi connectivity index (χ4v) is 1.67. The molecule has 0 atom stereocenters. The maximum Gasteiger partial charge on any atom is 0.433 e. The smallest absolute Gasteiger partial charge is 0.433 e. The molecule has 2 aromatic heterocycles. The second-order valence-electron chi connectivity index (χ2n) is 4.13. The normalized spacial score (nSPS) is 12.0. The first-order valence-corrected chi connectivity index (χ1v) is 5.75. The summed E-state index contributed by atoms with van der Waals surface area (Å²) in [6, 6.07) is 0.725. The zero-order valence-corrected chi connectivity index (χ0v) is 10.7. The number of pyridine rings is 1. The Bertz CT molecular complexity index is 624. The Morgan fingerprint density at radius 1 is 1.29 bits per heavy atom. The summed E-state index contributed by atoms with van der Waals surface area (Å²) in [5.74, 6) is -0.0234. The molecule has 0 saturated heterocycles. The third-order valence-corrected chi connectivity index (χ3v) is 2.58. The molecule has 2 aromatic rings. The zero-order valence-electron chi connectivity index (χ0n) is 10.7. The van der Waals surface area contributed by atoms with Gasteiger partial charge in [0.2, 0.25) is 0 Å². The molecule has 9 heteroatoms. The minimum atomic E-state index is -4.65. The average molecular weight is 307 g/mol. The van der Waals surface area contributed by atoms with Crippen LogP contribution in [-0.4, -0.2) is 27.6 Å². The number of imidazole rings is 1. The standard InChI is InChI=1S/C12H10F5N3O/c1-20-3-2-18-11(20)7-4-9(12(15,16)17)19-5-8(7)21-6-10(13)14/h2-5,10H,6H2,1H3. The SMILES string of the molecule is Cn1ccnc1-c1cc(C(F)(F)F)ncc1OCC(F)F. The molecule has 0 aliphatic carbocycles. The first-order chi connectivity index (χ1) is 9.79. The van der Waals surface area contributed by atoms with Crippen LogP contribution < -0.4 is 4.74 Å². The summed E-state index contributed by atoms with van der Waals surface area (Å²) in [5.41, 5.74) is -1.20. The zero-order chi connectivity index (χ0) is 15.6. The molecule has 0 aromatic carbocycles. The molecule has 0 unspecified atom stereocenters. The quantitative estimate of drug-likeness (QED) is 0.815. The van der Waals surface area contributed by atoms with E-state index in [1.54, 1.807) is 7.05 Å². The minimum Gasteiger partial charge on any atom is -0.485 e. The Morgan fingerprint density at radius 3 is 2.52 bits per heavy atom. The van der Waals surface area contributed by atoms with E-state index in [1.807, 2.05) is 0 Å². The highest BCUT2D eigenvalue weighted by atomic mass is 19.4. The molecule has 0 N–H and O–H groups in total. The van der Waals surface area contributed by atoms with Crippen LogP contribution in [0.25, 0.3) is 11.4 Å². The van der Waals surface area contributed by atoms with Crippen LogP contribution in [-0.2, 0) is 13.2 Å². The molecule has 114 valence electrons. The molecule has 0 amide bonds. The van der Waals surface area contributed by atoms with Gasteiger partial charge in [-0.3, -0.25) is 0 Å². The predicted molar refractivity (Wildman–Crippen MR) is 62.9 cm³/mol. The molecule has 0 saturated carbocycles. The molecule has 4 nitrogen and oxygen atoms in total. The molecule has 0 fully saturated rings. The summed E-state index contributed by atoms with van der Waals surface area (Å²) >= 11 is 0. The number of aryl methyl sites for hydroxylation is 1. The van der Waals surface area contributed by atoms with E-state index in [4.69, 9.17) is 4.74 Å². The third kappa shape index (κ3) is 3.47. The van der Waals surface area contributed by atoms with E-state index in [2.05, 4.69) is 9.97 Å². The van der Waals surface area contributed by atoms with E-state index in [9.17, 15) is 22.0 Å². The summed E-state index contributed by atoms with van der Waals surface area (Å²) in [5, 5.41) is 0. The third-order valence-electron chi connectivity index (χ3n) is 2.58. The number of nitrogens with zero attached hydrogens (tertiary/aromatic N) is 3. The van der Waals surface area contributed by atoms with Gasteiger partial charge in [-0.1, -0.05) is 0 Å². The van der Waals surface area contributed by atoms with E-state index in [1.165, 1.54) is 17.0 Å². The summed E-state index contributed by atoms with van der Waals surface area (Å²) in [4.78, 5) is 7.09. The number of hydrogen-bond donors (Lipinski definition) is 0. The topological polar surface area (TPSA) is 39.9 Å². The molecule has 0 aliphatic rings. The van der Waals surface area contributed by atoms with Crippen molar-refractivity contribution in [2.24, 2.45) is 7.05 Å². The van der Waals surface area contributed by atoms with Gasteiger partial charge in [0.15, 0.2) is 0 Å². The fourth-order valence-electron chi connectivity index (χ4n) is 1.67. The van der Waals surface area contributed by atoms with Crippen molar-refractivity contribution in [1.82, 2.24) is 14.5 Å². The van der Waals surface area contributed by atoms with Crippen LogP contribution >= 0.6 is 0 Å². The molecule has 0 aliphatic heterocycles. The molecule has 0 bridgehead atoms. The van der Waals surface area contributed by atoms with Gasteiger partial charge in [-0.2, -0.15) is 13.2 Å². The average Bonchev–Trinajstić information content (AvgIpc) is 2.81. The van der Waals surface area contributed by atoms with Crippen LogP contribution in [0.3, 0.4) is 0 Å². The van der Waals surface area contributed by atoms with Crippen LogP contribution in [0.15, 0.2) is 24.7 Å². The van der Waals surface area contributed by atoms with Crippen molar-refractivity contribution in [3.05, 3.63) is 30.4 Å². The number of ether oxygens (including phenoxy) is 1. The van der Waals surface area contributed by atoms with Crippen LogP contribution in [0.2, 0.25) is 0 Å². The molecule has 2 rings (SSSR count). The van der Waals surface area contributed by atoms with Crippen molar-refractivity contribution in [2.75, 3.05) is 6.61 Å². The lowest BCUT2D eigenvalue weighted by atomic mass is 10.2. The Kier molecular flexibility index (Phi) is 4.10. The molecule has 0 spiro atoms. The number of hydrogen-bond acceptors (Lipinski definition) is 3. The van der Waals surface area contributed by atoms with Crippen LogP contribution in [0.4, 0.5) is 22.0 Å². The van der Waals surface area contributed by atoms with E-state index in [0.29, 0.717) is 0 Å². The van der Waals surface area contributed by atoms with Gasteiger partial charge in [0.05, 0.1) is 11.8 Å². The largest absolute Gasteiger partial charge is 0.485 e. The molecule has 0 radical (unpaired) electrons. The van der Waals surface area contributed by atoms with E-state index in [-0.39, 0.29) is 17.1 Å². The summed E-state index contributed by atoms with van der Waals surface area (Å²) in [6.45, 7) is -0.940. The van der Waals surface area contributed by atoms with Gasteiger partial charge < -0.3 is 9.30 Å². The monoisotopic (exact) mass is 307 g/mol. The van der Waals surface area contributed by atoms with Crippen LogP contribution in [0, 0.1) is 0 Å². The first-order valence-electron chi connectivity index (χ1n) is 5.75. The maximum atomic E-state index is 12.7. The van der Waals surface area contributed by atoms with Crippen molar-refractivity contribution in [2.45, 2.75) is 12.6 Å². The van der Waals surface area contributed by atoms with Crippen molar-refractivity contribution in [1.29, 1.82) is 0 Å². The number of rotatable bonds is 4. The maximum absolute atomic E-state index is 12.7. The van der Waals surface area contributed by atoms with E-state index < -0.39 is 24.9 Å². The van der Waals surface area contributed by atoms with Gasteiger partial charge in [0, 0.05) is 19.4 Å². The van der Waals surface area contributed by atoms with Crippen molar-refractivity contribution < 1.29 is 26.7 Å². The summed E-state index contributed by atoms with van der Waals surface area (Å²) in [6.07, 6.45) is -3.74. The van der Waals surface area contributed by atoms with Gasteiger partial charge in [0.1, 0.15) is 23.9 Å². The number of aromatic nitrogens is 3. The predicted octanol–water partition coefficient (Wildman–Crippen LogP) is 3.14. The Morgan fingerprint density at radius 2 is 2.00 bits per heavy atom. The minimum absolute atomic E-state index is 0.0505. The van der Waals surface area contributed by atoms with Crippen LogP contribution in [0.5, 0.6) is 5.75 Å². The lowest BCUT2D eigenvalue weighted by Crippen LogP contribution is -2.12. The van der Waals surface area contributed by atoms with Crippen molar-refractivity contribution >= 4 is 0 Å². The Balaban J connectivity index is 2.48. The fraction of sp³-hybridized carbons (Fsp3) is 0.333. The van der Waals surface area contributed by atoms with E-state index >= 15 is 0 Å². The Labute approximate surface area is 116 Å². The van der Waals surface area contributed by atoms with Gasteiger partial charge in [-0.15, -0.1) is 0 Å². The van der Waals surface area contributed by atoms with Crippen molar-refractivity contribution in [3.8, 4) is 17.1 Å². The summed E-state index contributed by atoms with van der Waals surface area (Å²) in [7, 11) is 1.56. The number of halogens is 5. The van der Waals surface area contributed by atoms with Gasteiger partial charge >= 0.3 is 6.18 Å². The second-order valence-corrected chi connectivity index (χ2v) is 4.13. The summed E-state index contributed by atoms with van der Waals surface area (Å²) < 4.78 is 68.8.